The maximum absolute atomic E-state index is 10.3. The fourth-order valence-electron chi connectivity index (χ4n) is 0.694. The first-order valence-corrected chi connectivity index (χ1v) is 3.07. The predicted octanol–water partition coefficient (Wildman–Crippen LogP) is 1.67. The number of hydrogen-bond donors (Lipinski definition) is 2. The fourth-order valence-corrected chi connectivity index (χ4v) is 0.843. The van der Waals surface area contributed by atoms with Gasteiger partial charge in [-0.3, -0.25) is 0 Å². The van der Waals surface area contributed by atoms with Gasteiger partial charge in [-0.2, -0.15) is 0 Å². The van der Waals surface area contributed by atoms with Crippen LogP contribution in [0.1, 0.15) is 16.1 Å². The number of carboxylic acid groups (broad SMARTS) is 1. The lowest BCUT2D eigenvalue weighted by atomic mass is 10.3. The van der Waals surface area contributed by atoms with Gasteiger partial charge in [0.15, 0.2) is 0 Å². The SMILES string of the molecule is Cc1c(Cl)c[nH]c1C(=O)O. The number of carbonyl (C=O) groups is 1. The zero-order chi connectivity index (χ0) is 7.72. The summed E-state index contributed by atoms with van der Waals surface area (Å²) in [5.41, 5.74) is 0.735. The van der Waals surface area contributed by atoms with E-state index in [1.165, 1.54) is 6.20 Å². The number of nitrogens with one attached hydrogen (secondary N) is 1. The highest BCUT2D eigenvalue weighted by atomic mass is 35.5. The van der Waals surface area contributed by atoms with E-state index in [1.54, 1.807) is 6.92 Å². The number of H-pyrrole nitrogens is 1. The zero-order valence-electron chi connectivity index (χ0n) is 5.31. The molecule has 0 aromatic carbocycles. The van der Waals surface area contributed by atoms with Crippen molar-refractivity contribution in [2.45, 2.75) is 6.92 Å². The van der Waals surface area contributed by atoms with Gasteiger partial charge in [0, 0.05) is 11.8 Å². The van der Waals surface area contributed by atoms with Crippen molar-refractivity contribution in [1.29, 1.82) is 0 Å². The molecule has 4 heteroatoms. The molecule has 1 aromatic heterocycles. The van der Waals surface area contributed by atoms with Crippen molar-refractivity contribution in [3.63, 3.8) is 0 Å². The molecule has 0 saturated heterocycles. The second-order valence-electron chi connectivity index (χ2n) is 1.94. The van der Waals surface area contributed by atoms with Crippen molar-refractivity contribution >= 4 is 17.6 Å². The van der Waals surface area contributed by atoms with E-state index < -0.39 is 5.97 Å². The highest BCUT2D eigenvalue weighted by Crippen LogP contribution is 2.17. The Balaban J connectivity index is 3.17. The molecule has 0 bridgehead atoms. The molecule has 1 aromatic rings. The van der Waals surface area contributed by atoms with E-state index in [-0.39, 0.29) is 5.69 Å². The van der Waals surface area contributed by atoms with Gasteiger partial charge in [0.1, 0.15) is 5.69 Å². The highest BCUT2D eigenvalue weighted by Gasteiger charge is 2.10. The summed E-state index contributed by atoms with van der Waals surface area (Å²) < 4.78 is 0. The van der Waals surface area contributed by atoms with E-state index in [1.807, 2.05) is 0 Å². The van der Waals surface area contributed by atoms with Gasteiger partial charge in [-0.1, -0.05) is 11.6 Å². The Morgan fingerprint density at radius 3 is 2.60 bits per heavy atom. The molecule has 10 heavy (non-hydrogen) atoms. The molecule has 54 valence electrons. The third-order valence-electron chi connectivity index (χ3n) is 1.29. The summed E-state index contributed by atoms with van der Waals surface area (Å²) in [6.45, 7) is 1.66. The van der Waals surface area contributed by atoms with Crippen LogP contribution in [0.3, 0.4) is 0 Å². The van der Waals surface area contributed by atoms with Crippen LogP contribution in [-0.2, 0) is 0 Å². The van der Waals surface area contributed by atoms with Crippen LogP contribution in [0.5, 0.6) is 0 Å². The Labute approximate surface area is 62.6 Å². The molecule has 1 heterocycles. The fraction of sp³-hybridized carbons (Fsp3) is 0.167. The van der Waals surface area contributed by atoms with Gasteiger partial charge in [-0.25, -0.2) is 4.79 Å². The van der Waals surface area contributed by atoms with E-state index in [0.29, 0.717) is 10.6 Å². The normalized spacial score (nSPS) is 9.80. The largest absolute Gasteiger partial charge is 0.477 e. The molecule has 0 fully saturated rings. The van der Waals surface area contributed by atoms with Crippen molar-refractivity contribution < 1.29 is 9.90 Å². The number of aromatic carboxylic acids is 1. The quantitative estimate of drug-likeness (QED) is 0.655. The molecular weight excluding hydrogens is 154 g/mol. The maximum Gasteiger partial charge on any atom is 0.352 e. The molecule has 0 unspecified atom stereocenters. The zero-order valence-corrected chi connectivity index (χ0v) is 6.07. The Morgan fingerprint density at radius 1 is 1.80 bits per heavy atom. The second-order valence-corrected chi connectivity index (χ2v) is 2.35. The highest BCUT2D eigenvalue weighted by molar-refractivity contribution is 6.31. The van der Waals surface area contributed by atoms with Crippen LogP contribution >= 0.6 is 11.6 Å². The van der Waals surface area contributed by atoms with Crippen LogP contribution in [0.25, 0.3) is 0 Å². The Morgan fingerprint density at radius 2 is 2.40 bits per heavy atom. The lowest BCUT2D eigenvalue weighted by Gasteiger charge is -1.89. The van der Waals surface area contributed by atoms with Crippen molar-refractivity contribution in [3.8, 4) is 0 Å². The van der Waals surface area contributed by atoms with Crippen molar-refractivity contribution in [3.05, 3.63) is 22.5 Å². The minimum atomic E-state index is -0.982. The van der Waals surface area contributed by atoms with Crippen LogP contribution in [0, 0.1) is 6.92 Å². The predicted molar refractivity (Wildman–Crippen MR) is 37.5 cm³/mol. The van der Waals surface area contributed by atoms with E-state index >= 15 is 0 Å². The van der Waals surface area contributed by atoms with Gasteiger partial charge in [0.05, 0.1) is 5.02 Å². The number of rotatable bonds is 1. The number of aromatic nitrogens is 1. The van der Waals surface area contributed by atoms with E-state index in [9.17, 15) is 4.79 Å². The summed E-state index contributed by atoms with van der Waals surface area (Å²) in [5, 5.41) is 8.95. The molecule has 2 N–H and O–H groups in total. The number of hydrogen-bond acceptors (Lipinski definition) is 1. The first kappa shape index (κ1) is 7.15. The van der Waals surface area contributed by atoms with Crippen LogP contribution in [0.4, 0.5) is 0 Å². The Kier molecular flexibility index (Phi) is 1.68. The van der Waals surface area contributed by atoms with Crippen LogP contribution in [0.15, 0.2) is 6.20 Å². The lowest BCUT2D eigenvalue weighted by Crippen LogP contribution is -1.97. The molecule has 0 amide bonds. The number of aromatic amines is 1. The average molecular weight is 160 g/mol. The minimum Gasteiger partial charge on any atom is -0.477 e. The minimum absolute atomic E-state index is 0.157. The van der Waals surface area contributed by atoms with Gasteiger partial charge in [0.25, 0.3) is 0 Å². The van der Waals surface area contributed by atoms with Gasteiger partial charge in [0.2, 0.25) is 0 Å². The third-order valence-corrected chi connectivity index (χ3v) is 1.68. The number of halogens is 1. The third kappa shape index (κ3) is 0.998. The molecule has 0 saturated carbocycles. The summed E-state index contributed by atoms with van der Waals surface area (Å²) in [4.78, 5) is 12.9. The van der Waals surface area contributed by atoms with Gasteiger partial charge in [-0.05, 0) is 6.92 Å². The summed E-state index contributed by atoms with van der Waals surface area (Å²) in [6, 6.07) is 0. The van der Waals surface area contributed by atoms with E-state index in [0.717, 1.165) is 0 Å². The van der Waals surface area contributed by atoms with E-state index in [2.05, 4.69) is 4.98 Å². The average Bonchev–Trinajstić information content (AvgIpc) is 2.14. The molecule has 0 atom stereocenters. The van der Waals surface area contributed by atoms with Gasteiger partial charge >= 0.3 is 5.97 Å². The topological polar surface area (TPSA) is 53.1 Å². The Hall–Kier alpha value is -0.960. The molecular formula is C6H6ClNO2. The van der Waals surface area contributed by atoms with Gasteiger partial charge in [-0.15, -0.1) is 0 Å². The van der Waals surface area contributed by atoms with Crippen molar-refractivity contribution in [2.75, 3.05) is 0 Å². The van der Waals surface area contributed by atoms with Crippen LogP contribution < -0.4 is 0 Å². The summed E-state index contributed by atoms with van der Waals surface area (Å²) in [6.07, 6.45) is 1.46. The van der Waals surface area contributed by atoms with Crippen molar-refractivity contribution in [1.82, 2.24) is 4.98 Å². The molecule has 0 spiro atoms. The molecule has 0 radical (unpaired) electrons. The summed E-state index contributed by atoms with van der Waals surface area (Å²) in [7, 11) is 0. The summed E-state index contributed by atoms with van der Waals surface area (Å²) in [5.74, 6) is -0.982. The first-order valence-electron chi connectivity index (χ1n) is 2.69. The lowest BCUT2D eigenvalue weighted by molar-refractivity contribution is 0.0690. The molecule has 1 rings (SSSR count). The molecule has 0 aliphatic heterocycles. The maximum atomic E-state index is 10.3. The smallest absolute Gasteiger partial charge is 0.352 e. The molecule has 0 aliphatic rings. The second kappa shape index (κ2) is 2.34. The standard InChI is InChI=1S/C6H6ClNO2/c1-3-4(7)2-8-5(3)6(9)10/h2,8H,1H3,(H,9,10). The molecule has 3 nitrogen and oxygen atoms in total. The van der Waals surface area contributed by atoms with Crippen molar-refractivity contribution in [2.24, 2.45) is 0 Å². The first-order chi connectivity index (χ1) is 4.63. The summed E-state index contributed by atoms with van der Waals surface area (Å²) >= 11 is 5.58. The van der Waals surface area contributed by atoms with Crippen LogP contribution in [-0.4, -0.2) is 16.1 Å². The van der Waals surface area contributed by atoms with E-state index in [4.69, 9.17) is 16.7 Å². The van der Waals surface area contributed by atoms with Crippen LogP contribution in [0.2, 0.25) is 5.02 Å². The molecule has 0 aliphatic carbocycles. The number of carboxylic acids is 1. The Bertz CT molecular complexity index is 267. The van der Waals surface area contributed by atoms with Gasteiger partial charge < -0.3 is 10.1 Å². The monoisotopic (exact) mass is 159 g/mol.